The number of piperazine rings is 1. The van der Waals surface area contributed by atoms with Crippen LogP contribution in [0.25, 0.3) is 0 Å². The number of hydrogen-bond donors (Lipinski definition) is 2. The fraction of sp³-hybridized carbons (Fsp3) is 0.774. The zero-order valence-corrected chi connectivity index (χ0v) is 24.0. The summed E-state index contributed by atoms with van der Waals surface area (Å²) in [5.74, 6) is 0.267. The van der Waals surface area contributed by atoms with Crippen LogP contribution < -0.4 is 10.9 Å². The number of hydrogen-bond acceptors (Lipinski definition) is 8. The number of esters is 1. The quantitative estimate of drug-likeness (QED) is 0.540. The van der Waals surface area contributed by atoms with Crippen LogP contribution >= 0.6 is 0 Å². The monoisotopic (exact) mass is 556 g/mol. The highest BCUT2D eigenvalue weighted by Gasteiger charge is 2.70. The van der Waals surface area contributed by atoms with Crippen LogP contribution in [0.3, 0.4) is 0 Å². The molecule has 5 fully saturated rings. The third-order valence-corrected chi connectivity index (χ3v) is 11.8. The summed E-state index contributed by atoms with van der Waals surface area (Å²) in [6.45, 7) is 8.96. The van der Waals surface area contributed by atoms with Gasteiger partial charge in [-0.3, -0.25) is 4.79 Å². The van der Waals surface area contributed by atoms with Crippen LogP contribution in [0.4, 0.5) is 4.79 Å². The molecule has 4 saturated carbocycles. The molecule has 5 aliphatic rings. The molecule has 220 valence electrons. The third kappa shape index (κ3) is 4.39. The lowest BCUT2D eigenvalue weighted by molar-refractivity contribution is -0.205. The minimum atomic E-state index is -1.00. The van der Waals surface area contributed by atoms with E-state index >= 15 is 0 Å². The predicted octanol–water partition coefficient (Wildman–Crippen LogP) is 3.83. The summed E-state index contributed by atoms with van der Waals surface area (Å²) < 4.78 is 17.1. The summed E-state index contributed by atoms with van der Waals surface area (Å²) in [6.07, 6.45) is 7.55. The van der Waals surface area contributed by atoms with E-state index in [-0.39, 0.29) is 35.4 Å². The molecule has 2 heterocycles. The van der Waals surface area contributed by atoms with Crippen LogP contribution in [-0.4, -0.2) is 66.1 Å². The van der Waals surface area contributed by atoms with Crippen molar-refractivity contribution in [3.05, 3.63) is 34.4 Å². The molecule has 2 N–H and O–H groups in total. The van der Waals surface area contributed by atoms with Gasteiger partial charge in [0, 0.05) is 56.9 Å². The summed E-state index contributed by atoms with van der Waals surface area (Å²) in [6, 6.07) is 3.17. The molecule has 0 radical (unpaired) electrons. The number of nitrogens with one attached hydrogen (secondary N) is 1. The molecule has 1 amide bonds. The molecule has 1 saturated heterocycles. The Morgan fingerprint density at radius 3 is 2.52 bits per heavy atom. The van der Waals surface area contributed by atoms with Gasteiger partial charge in [-0.15, -0.1) is 0 Å². The van der Waals surface area contributed by atoms with E-state index in [1.807, 2.05) is 4.90 Å². The molecule has 6 rings (SSSR count). The lowest BCUT2D eigenvalue weighted by atomic mass is 9.43. The van der Waals surface area contributed by atoms with Crippen molar-refractivity contribution in [3.8, 4) is 0 Å². The Hall–Kier alpha value is -2.39. The minimum Gasteiger partial charge on any atom is -0.462 e. The summed E-state index contributed by atoms with van der Waals surface area (Å²) in [4.78, 5) is 38.5. The van der Waals surface area contributed by atoms with E-state index in [0.717, 1.165) is 63.6 Å². The molecular formula is C31H44N2O7. The van der Waals surface area contributed by atoms with Gasteiger partial charge in [0.1, 0.15) is 12.2 Å². The first-order chi connectivity index (χ1) is 19.0. The second kappa shape index (κ2) is 10.2. The largest absolute Gasteiger partial charge is 0.462 e. The second-order valence-electron chi connectivity index (χ2n) is 13.6. The highest BCUT2D eigenvalue weighted by atomic mass is 16.6. The smallest absolute Gasteiger partial charge is 0.410 e. The molecule has 0 spiro atoms. The summed E-state index contributed by atoms with van der Waals surface area (Å²) in [5, 5.41) is 16.0. The van der Waals surface area contributed by atoms with Crippen molar-refractivity contribution >= 4 is 12.1 Å². The molecule has 4 aliphatic carbocycles. The van der Waals surface area contributed by atoms with Crippen LogP contribution in [0.5, 0.6) is 0 Å². The Bertz CT molecular complexity index is 1180. The number of rotatable bonds is 3. The average Bonchev–Trinajstić information content (AvgIpc) is 3.15. The van der Waals surface area contributed by atoms with Gasteiger partial charge in [0.05, 0.1) is 11.9 Å². The molecule has 9 atom stereocenters. The molecule has 1 aromatic rings. The van der Waals surface area contributed by atoms with Crippen molar-refractivity contribution in [2.75, 3.05) is 26.2 Å². The van der Waals surface area contributed by atoms with Gasteiger partial charge >= 0.3 is 17.7 Å². The van der Waals surface area contributed by atoms with E-state index in [1.54, 1.807) is 6.07 Å². The molecular weight excluding hydrogens is 512 g/mol. The van der Waals surface area contributed by atoms with Crippen LogP contribution in [0.2, 0.25) is 0 Å². The first-order valence-electron chi connectivity index (χ1n) is 15.2. The van der Waals surface area contributed by atoms with Crippen LogP contribution in [0, 0.1) is 28.6 Å². The number of carbonyl (C=O) groups excluding carboxylic acids is 2. The van der Waals surface area contributed by atoms with E-state index in [1.165, 1.54) is 19.3 Å². The van der Waals surface area contributed by atoms with Crippen molar-refractivity contribution in [3.63, 3.8) is 0 Å². The van der Waals surface area contributed by atoms with Gasteiger partial charge in [-0.1, -0.05) is 13.8 Å². The first kappa shape index (κ1) is 27.8. The number of aliphatic hydroxyl groups is 1. The SMILES string of the molecule is CC(=O)O[C@H]1C[C@]2(O)[C@@H]3CC[C@@H]4C[C@@H](OC(=O)N5CCNCC5)CC[C@]4(C)C3CC[C@]2(C)[C@H]1c1ccc(=O)oc1. The lowest BCUT2D eigenvalue weighted by Gasteiger charge is -2.63. The zero-order chi connectivity index (χ0) is 28.3. The van der Waals surface area contributed by atoms with Gasteiger partial charge in [-0.05, 0) is 79.7 Å². The predicted molar refractivity (Wildman–Crippen MR) is 147 cm³/mol. The number of amides is 1. The molecule has 40 heavy (non-hydrogen) atoms. The van der Waals surface area contributed by atoms with E-state index in [4.69, 9.17) is 13.9 Å². The van der Waals surface area contributed by atoms with Gasteiger partial charge in [0.2, 0.25) is 0 Å². The summed E-state index contributed by atoms with van der Waals surface area (Å²) in [7, 11) is 0. The van der Waals surface area contributed by atoms with Crippen molar-refractivity contribution in [1.82, 2.24) is 10.2 Å². The maximum Gasteiger partial charge on any atom is 0.410 e. The van der Waals surface area contributed by atoms with Gasteiger partial charge in [-0.25, -0.2) is 9.59 Å². The van der Waals surface area contributed by atoms with Crippen LogP contribution in [0.15, 0.2) is 27.6 Å². The molecule has 1 unspecified atom stereocenters. The highest BCUT2D eigenvalue weighted by molar-refractivity contribution is 5.68. The van der Waals surface area contributed by atoms with Crippen molar-refractivity contribution in [1.29, 1.82) is 0 Å². The van der Waals surface area contributed by atoms with E-state index in [9.17, 15) is 19.5 Å². The van der Waals surface area contributed by atoms with Crippen LogP contribution in [0.1, 0.15) is 83.6 Å². The molecule has 9 heteroatoms. The Balaban J connectivity index is 1.23. The highest BCUT2D eigenvalue weighted by Crippen LogP contribution is 2.71. The standard InChI is InChI=1S/C31H44N2O7/c1-19(34)39-25-17-31(37)24-6-5-21-16-22(40-28(36)33-14-12-32-13-15-33)8-10-29(21,2)23(24)9-11-30(31,3)27(25)20-4-7-26(35)38-18-20/h4,7,18,21-25,27,32,37H,5-6,8-17H2,1-3H3/t21-,22+,23?,24-,25+,27+,29+,30-,31+/m1/s1. The first-order valence-corrected chi connectivity index (χ1v) is 15.2. The van der Waals surface area contributed by atoms with E-state index < -0.39 is 22.7 Å². The lowest BCUT2D eigenvalue weighted by Crippen LogP contribution is -2.62. The fourth-order valence-corrected chi connectivity index (χ4v) is 9.82. The average molecular weight is 557 g/mol. The Morgan fingerprint density at radius 1 is 1.05 bits per heavy atom. The van der Waals surface area contributed by atoms with Crippen LogP contribution in [-0.2, 0) is 14.3 Å². The summed E-state index contributed by atoms with van der Waals surface area (Å²) in [5.41, 5.74) is -1.08. The van der Waals surface area contributed by atoms with Gasteiger partial charge < -0.3 is 29.2 Å². The number of fused-ring (bicyclic) bond motifs is 5. The molecule has 0 aromatic carbocycles. The zero-order valence-electron chi connectivity index (χ0n) is 24.0. The molecule has 0 bridgehead atoms. The number of ether oxygens (including phenoxy) is 2. The Kier molecular flexibility index (Phi) is 7.05. The van der Waals surface area contributed by atoms with Crippen molar-refractivity contribution < 1.29 is 28.6 Å². The normalized spacial score (nSPS) is 42.8. The maximum atomic E-state index is 12.8. The van der Waals surface area contributed by atoms with Gasteiger partial charge in [0.15, 0.2) is 0 Å². The van der Waals surface area contributed by atoms with E-state index in [0.29, 0.717) is 31.3 Å². The van der Waals surface area contributed by atoms with E-state index in [2.05, 4.69) is 19.2 Å². The third-order valence-electron chi connectivity index (χ3n) is 11.8. The maximum absolute atomic E-state index is 12.8. The molecule has 9 nitrogen and oxygen atoms in total. The summed E-state index contributed by atoms with van der Waals surface area (Å²) >= 11 is 0. The van der Waals surface area contributed by atoms with Crippen molar-refractivity contribution in [2.45, 2.75) is 95.9 Å². The second-order valence-corrected chi connectivity index (χ2v) is 13.6. The Morgan fingerprint density at radius 2 is 1.82 bits per heavy atom. The van der Waals surface area contributed by atoms with Gasteiger partial charge in [-0.2, -0.15) is 0 Å². The minimum absolute atomic E-state index is 0.0501. The fourth-order valence-electron chi connectivity index (χ4n) is 9.82. The molecule has 1 aromatic heterocycles. The molecule has 1 aliphatic heterocycles. The van der Waals surface area contributed by atoms with Gasteiger partial charge in [0.25, 0.3) is 0 Å². The van der Waals surface area contributed by atoms with Crippen molar-refractivity contribution in [2.24, 2.45) is 28.6 Å². The number of nitrogens with zero attached hydrogens (tertiary/aromatic N) is 1. The number of carbonyl (C=O) groups is 2. The topological polar surface area (TPSA) is 118 Å². The Labute approximate surface area is 236 Å².